The Morgan fingerprint density at radius 3 is 2.31 bits per heavy atom. The summed E-state index contributed by atoms with van der Waals surface area (Å²) < 4.78 is 48.7. The van der Waals surface area contributed by atoms with E-state index in [0.717, 1.165) is 0 Å². The van der Waals surface area contributed by atoms with Crippen molar-refractivity contribution in [2.24, 2.45) is 0 Å². The summed E-state index contributed by atoms with van der Waals surface area (Å²) in [4.78, 5) is 16.1. The molecule has 0 aliphatic carbocycles. The molecule has 0 atom stereocenters. The predicted molar refractivity (Wildman–Crippen MR) is 110 cm³/mol. The van der Waals surface area contributed by atoms with E-state index in [1.54, 1.807) is 28.8 Å². The molecule has 0 saturated heterocycles. The lowest BCUT2D eigenvalue weighted by Gasteiger charge is -2.12. The van der Waals surface area contributed by atoms with Crippen molar-refractivity contribution >= 4 is 17.0 Å². The van der Waals surface area contributed by atoms with Crippen molar-refractivity contribution in [1.82, 2.24) is 9.55 Å². The quantitative estimate of drug-likeness (QED) is 0.423. The second-order valence-corrected chi connectivity index (χ2v) is 6.89. The van der Waals surface area contributed by atoms with E-state index in [1.807, 2.05) is 18.2 Å². The summed E-state index contributed by atoms with van der Waals surface area (Å²) in [6.45, 7) is 0.326. The van der Waals surface area contributed by atoms with Crippen molar-refractivity contribution in [3.8, 4) is 11.5 Å². The van der Waals surface area contributed by atoms with E-state index in [2.05, 4.69) is 9.72 Å². The summed E-state index contributed by atoms with van der Waals surface area (Å²) in [5.41, 5.74) is 1.62. The van der Waals surface area contributed by atoms with E-state index in [0.29, 0.717) is 28.2 Å². The molecule has 164 valence electrons. The maximum atomic E-state index is 12.4. The second-order valence-electron chi connectivity index (χ2n) is 6.89. The Labute approximate surface area is 180 Å². The van der Waals surface area contributed by atoms with Crippen LogP contribution in [0.2, 0.25) is 0 Å². The number of carboxylic acid groups (broad SMARTS) is 1. The van der Waals surface area contributed by atoms with Crippen LogP contribution < -0.4 is 9.47 Å². The lowest BCUT2D eigenvalue weighted by Crippen LogP contribution is -2.17. The average Bonchev–Trinajstić information content (AvgIpc) is 3.10. The first-order valence-electron chi connectivity index (χ1n) is 9.54. The number of aromatic carboxylic acids is 1. The van der Waals surface area contributed by atoms with Crippen LogP contribution >= 0.6 is 0 Å². The molecule has 9 heteroatoms. The molecule has 4 aromatic rings. The molecule has 3 aromatic carbocycles. The predicted octanol–water partition coefficient (Wildman–Crippen LogP) is 5.26. The number of imidazole rings is 1. The zero-order valence-electron chi connectivity index (χ0n) is 16.5. The highest BCUT2D eigenvalue weighted by atomic mass is 19.4. The first-order valence-corrected chi connectivity index (χ1v) is 9.54. The number of aromatic nitrogens is 2. The average molecular weight is 442 g/mol. The molecule has 0 aliphatic rings. The molecule has 0 radical (unpaired) electrons. The van der Waals surface area contributed by atoms with Gasteiger partial charge in [0.15, 0.2) is 0 Å². The van der Waals surface area contributed by atoms with Crippen molar-refractivity contribution in [3.63, 3.8) is 0 Å². The molecule has 0 spiro atoms. The third kappa shape index (κ3) is 4.83. The minimum atomic E-state index is -4.77. The van der Waals surface area contributed by atoms with Crippen LogP contribution in [0.4, 0.5) is 13.2 Å². The number of halogens is 3. The maximum Gasteiger partial charge on any atom is 0.573 e. The fourth-order valence-electron chi connectivity index (χ4n) is 3.30. The topological polar surface area (TPSA) is 73.6 Å². The number of para-hydroxylation sites is 2. The number of nitrogens with zero attached hydrogens (tertiary/aromatic N) is 2. The van der Waals surface area contributed by atoms with Crippen LogP contribution in [0.1, 0.15) is 21.7 Å². The smallest absolute Gasteiger partial charge is 0.486 e. The standard InChI is InChI=1S/C23H17F3N2O4/c24-23(25,26)32-17-11-9-15(10-12-17)13-28-19-8-4-7-18(22(29)30)21(19)27-20(28)14-31-16-5-2-1-3-6-16/h1-12H,13-14H2,(H,29,30). The van der Waals surface area contributed by atoms with Gasteiger partial charge in [0, 0.05) is 6.54 Å². The van der Waals surface area contributed by atoms with Gasteiger partial charge in [-0.15, -0.1) is 13.2 Å². The molecule has 6 nitrogen and oxygen atoms in total. The molecular weight excluding hydrogens is 425 g/mol. The van der Waals surface area contributed by atoms with Gasteiger partial charge in [-0.25, -0.2) is 9.78 Å². The first-order chi connectivity index (χ1) is 15.3. The van der Waals surface area contributed by atoms with Gasteiger partial charge in [-0.2, -0.15) is 0 Å². The van der Waals surface area contributed by atoms with Crippen molar-refractivity contribution in [2.75, 3.05) is 0 Å². The summed E-state index contributed by atoms with van der Waals surface area (Å²) >= 11 is 0. The minimum Gasteiger partial charge on any atom is -0.486 e. The van der Waals surface area contributed by atoms with Crippen LogP contribution in [0.5, 0.6) is 11.5 Å². The first kappa shape index (κ1) is 21.2. The number of carbonyl (C=O) groups is 1. The number of hydrogen-bond acceptors (Lipinski definition) is 4. The van der Waals surface area contributed by atoms with Crippen LogP contribution in [0.15, 0.2) is 72.8 Å². The van der Waals surface area contributed by atoms with E-state index < -0.39 is 12.3 Å². The Kier molecular flexibility index (Phi) is 5.72. The molecule has 1 heterocycles. The van der Waals surface area contributed by atoms with Crippen LogP contribution in [-0.2, 0) is 13.2 Å². The molecular formula is C23H17F3N2O4. The van der Waals surface area contributed by atoms with Crippen molar-refractivity contribution < 1.29 is 32.5 Å². The number of hydrogen-bond donors (Lipinski definition) is 1. The summed E-state index contributed by atoms with van der Waals surface area (Å²) in [5.74, 6) is -0.326. The highest BCUT2D eigenvalue weighted by molar-refractivity contribution is 6.01. The van der Waals surface area contributed by atoms with Gasteiger partial charge < -0.3 is 19.1 Å². The number of benzene rings is 3. The second kappa shape index (κ2) is 8.62. The zero-order chi connectivity index (χ0) is 22.7. The third-order valence-electron chi connectivity index (χ3n) is 4.70. The van der Waals surface area contributed by atoms with Gasteiger partial charge in [-0.3, -0.25) is 0 Å². The van der Waals surface area contributed by atoms with Crippen LogP contribution in [0.3, 0.4) is 0 Å². The Morgan fingerprint density at radius 1 is 0.938 bits per heavy atom. The Bertz CT molecular complexity index is 1240. The van der Waals surface area contributed by atoms with Gasteiger partial charge in [0.05, 0.1) is 11.1 Å². The normalized spacial score (nSPS) is 11.5. The van der Waals surface area contributed by atoms with E-state index in [1.165, 1.54) is 30.3 Å². The lowest BCUT2D eigenvalue weighted by molar-refractivity contribution is -0.274. The lowest BCUT2D eigenvalue weighted by atomic mass is 10.1. The number of rotatable bonds is 7. The van der Waals surface area contributed by atoms with E-state index in [4.69, 9.17) is 4.74 Å². The molecule has 0 amide bonds. The van der Waals surface area contributed by atoms with Gasteiger partial charge in [0.2, 0.25) is 0 Å². The molecule has 1 N–H and O–H groups in total. The monoisotopic (exact) mass is 442 g/mol. The molecule has 0 unspecified atom stereocenters. The van der Waals surface area contributed by atoms with E-state index in [9.17, 15) is 23.1 Å². The molecule has 4 rings (SSSR count). The van der Waals surface area contributed by atoms with Gasteiger partial charge in [0.1, 0.15) is 29.4 Å². The van der Waals surface area contributed by atoms with Crippen LogP contribution in [0.25, 0.3) is 11.0 Å². The molecule has 1 aromatic heterocycles. The van der Waals surface area contributed by atoms with Gasteiger partial charge in [-0.1, -0.05) is 36.4 Å². The van der Waals surface area contributed by atoms with E-state index in [-0.39, 0.29) is 24.5 Å². The summed E-state index contributed by atoms with van der Waals surface area (Å²) in [6.07, 6.45) is -4.77. The van der Waals surface area contributed by atoms with Crippen LogP contribution in [-0.4, -0.2) is 27.0 Å². The van der Waals surface area contributed by atoms with Crippen LogP contribution in [0, 0.1) is 0 Å². The van der Waals surface area contributed by atoms with Crippen molar-refractivity contribution in [1.29, 1.82) is 0 Å². The third-order valence-corrected chi connectivity index (χ3v) is 4.70. The minimum absolute atomic E-state index is 0.0520. The van der Waals surface area contributed by atoms with Gasteiger partial charge in [-0.05, 0) is 42.0 Å². The number of fused-ring (bicyclic) bond motifs is 1. The fourth-order valence-corrected chi connectivity index (χ4v) is 3.30. The Morgan fingerprint density at radius 2 is 1.66 bits per heavy atom. The summed E-state index contributed by atoms with van der Waals surface area (Å²) in [5, 5.41) is 9.52. The Balaban J connectivity index is 1.68. The zero-order valence-corrected chi connectivity index (χ0v) is 16.5. The Hall–Kier alpha value is -4.01. The summed E-state index contributed by atoms with van der Waals surface area (Å²) in [6, 6.07) is 19.4. The highest BCUT2D eigenvalue weighted by Crippen LogP contribution is 2.25. The van der Waals surface area contributed by atoms with Crippen molar-refractivity contribution in [2.45, 2.75) is 19.5 Å². The summed E-state index contributed by atoms with van der Waals surface area (Å²) in [7, 11) is 0. The molecule has 32 heavy (non-hydrogen) atoms. The molecule has 0 fully saturated rings. The molecule has 0 saturated carbocycles. The fraction of sp³-hybridized carbons (Fsp3) is 0.130. The molecule has 0 aliphatic heterocycles. The van der Waals surface area contributed by atoms with Gasteiger partial charge in [0.25, 0.3) is 0 Å². The van der Waals surface area contributed by atoms with Crippen molar-refractivity contribution in [3.05, 3.63) is 89.7 Å². The number of alkyl halides is 3. The molecule has 0 bridgehead atoms. The maximum absolute atomic E-state index is 12.4. The highest BCUT2D eigenvalue weighted by Gasteiger charge is 2.31. The number of ether oxygens (including phenoxy) is 2. The van der Waals surface area contributed by atoms with E-state index >= 15 is 0 Å². The van der Waals surface area contributed by atoms with Gasteiger partial charge >= 0.3 is 12.3 Å². The number of carboxylic acids is 1. The largest absolute Gasteiger partial charge is 0.573 e. The SMILES string of the molecule is O=C(O)c1cccc2c1nc(COc1ccccc1)n2Cc1ccc(OC(F)(F)F)cc1.